The molecule has 1 saturated carbocycles. The minimum atomic E-state index is 0.384. The number of hydrogen-bond donors (Lipinski definition) is 1. The van der Waals surface area contributed by atoms with Gasteiger partial charge in [0.15, 0.2) is 0 Å². The molecule has 3 rings (SSSR count). The monoisotopic (exact) mass is 328 g/mol. The Balaban J connectivity index is 1.44. The maximum absolute atomic E-state index is 12.5. The second-order valence-electron chi connectivity index (χ2n) is 7.65. The summed E-state index contributed by atoms with van der Waals surface area (Å²) in [5.74, 6) is 1.77. The zero-order valence-electron chi connectivity index (χ0n) is 14.9. The van der Waals surface area contributed by atoms with Crippen molar-refractivity contribution in [2.45, 2.75) is 70.3 Å². The quantitative estimate of drug-likeness (QED) is 0.880. The van der Waals surface area contributed by atoms with Gasteiger partial charge in [0, 0.05) is 26.1 Å². The first-order chi connectivity index (χ1) is 11.8. The average molecular weight is 329 g/mol. The van der Waals surface area contributed by atoms with Gasteiger partial charge in [-0.3, -0.25) is 4.79 Å². The molecule has 0 aromatic heterocycles. The van der Waals surface area contributed by atoms with Crippen LogP contribution in [0.2, 0.25) is 0 Å². The van der Waals surface area contributed by atoms with Crippen LogP contribution in [0, 0.1) is 5.92 Å². The molecule has 3 heteroatoms. The second-order valence-corrected chi connectivity index (χ2v) is 7.65. The minimum absolute atomic E-state index is 0.384. The number of likely N-dealkylation sites (tertiary alicyclic amines) is 1. The van der Waals surface area contributed by atoms with E-state index in [1.807, 2.05) is 0 Å². The van der Waals surface area contributed by atoms with E-state index in [2.05, 4.69) is 29.2 Å². The maximum Gasteiger partial charge on any atom is 0.222 e. The van der Waals surface area contributed by atoms with E-state index in [1.54, 1.807) is 0 Å². The van der Waals surface area contributed by atoms with Crippen LogP contribution < -0.4 is 5.73 Å². The summed E-state index contributed by atoms with van der Waals surface area (Å²) in [6, 6.07) is 8.66. The summed E-state index contributed by atoms with van der Waals surface area (Å²) >= 11 is 0. The van der Waals surface area contributed by atoms with Crippen LogP contribution in [0.1, 0.15) is 74.8 Å². The third kappa shape index (κ3) is 4.60. The van der Waals surface area contributed by atoms with Crippen molar-refractivity contribution >= 4 is 5.91 Å². The first-order valence-electron chi connectivity index (χ1n) is 9.83. The van der Waals surface area contributed by atoms with E-state index in [4.69, 9.17) is 5.73 Å². The van der Waals surface area contributed by atoms with Gasteiger partial charge in [0.25, 0.3) is 0 Å². The predicted octanol–water partition coefficient (Wildman–Crippen LogP) is 4.21. The van der Waals surface area contributed by atoms with Gasteiger partial charge in [0.2, 0.25) is 5.91 Å². The van der Waals surface area contributed by atoms with Crippen LogP contribution in [0.3, 0.4) is 0 Å². The van der Waals surface area contributed by atoms with Gasteiger partial charge < -0.3 is 10.6 Å². The van der Waals surface area contributed by atoms with Crippen LogP contribution in [0.15, 0.2) is 24.3 Å². The fourth-order valence-electron chi connectivity index (χ4n) is 4.40. The zero-order valence-corrected chi connectivity index (χ0v) is 14.9. The van der Waals surface area contributed by atoms with Crippen molar-refractivity contribution in [3.63, 3.8) is 0 Å². The number of carbonyl (C=O) groups excluding carboxylic acids is 1. The largest absolute Gasteiger partial charge is 0.343 e. The highest BCUT2D eigenvalue weighted by Gasteiger charge is 2.24. The molecule has 1 amide bonds. The summed E-state index contributed by atoms with van der Waals surface area (Å²) in [7, 11) is 0. The highest BCUT2D eigenvalue weighted by Crippen LogP contribution is 2.30. The lowest BCUT2D eigenvalue weighted by molar-refractivity contribution is -0.132. The zero-order chi connectivity index (χ0) is 16.8. The van der Waals surface area contributed by atoms with Crippen molar-refractivity contribution in [2.24, 2.45) is 11.7 Å². The molecule has 2 N–H and O–H groups in total. The number of carbonyl (C=O) groups is 1. The van der Waals surface area contributed by atoms with Crippen LogP contribution in [0.5, 0.6) is 0 Å². The van der Waals surface area contributed by atoms with Crippen LogP contribution >= 0.6 is 0 Å². The van der Waals surface area contributed by atoms with E-state index in [0.717, 1.165) is 44.7 Å². The molecule has 24 heavy (non-hydrogen) atoms. The molecule has 1 heterocycles. The molecule has 132 valence electrons. The summed E-state index contributed by atoms with van der Waals surface area (Å²) in [6.45, 7) is 2.44. The number of amides is 1. The van der Waals surface area contributed by atoms with Crippen molar-refractivity contribution in [1.29, 1.82) is 0 Å². The lowest BCUT2D eigenvalue weighted by atomic mass is 9.85. The van der Waals surface area contributed by atoms with Crippen LogP contribution in [0.4, 0.5) is 0 Å². The average Bonchev–Trinajstić information content (AvgIpc) is 2.67. The molecule has 1 aromatic rings. The summed E-state index contributed by atoms with van der Waals surface area (Å²) in [6.07, 6.45) is 10.9. The molecule has 1 aromatic carbocycles. The standard InChI is InChI=1S/C21H32N2O/c22-16-18-7-4-8-20(15-18)19-11-13-23(14-12-19)21(24)10-9-17-5-2-1-3-6-17/h4,7-8,15,17,19H,1-3,5-6,9-14,16,22H2. The molecular formula is C21H32N2O. The lowest BCUT2D eigenvalue weighted by Crippen LogP contribution is -2.38. The molecule has 3 nitrogen and oxygen atoms in total. The Labute approximate surface area is 146 Å². The number of nitrogens with zero attached hydrogens (tertiary/aromatic N) is 1. The van der Waals surface area contributed by atoms with E-state index >= 15 is 0 Å². The molecule has 0 spiro atoms. The Bertz CT molecular complexity index is 528. The van der Waals surface area contributed by atoms with Gasteiger partial charge in [0.05, 0.1) is 0 Å². The smallest absolute Gasteiger partial charge is 0.222 e. The van der Waals surface area contributed by atoms with Crippen molar-refractivity contribution in [1.82, 2.24) is 4.90 Å². The molecule has 0 unspecified atom stereocenters. The van der Waals surface area contributed by atoms with Gasteiger partial charge >= 0.3 is 0 Å². The van der Waals surface area contributed by atoms with E-state index in [9.17, 15) is 4.79 Å². The van der Waals surface area contributed by atoms with Crippen LogP contribution in [-0.4, -0.2) is 23.9 Å². The van der Waals surface area contributed by atoms with Crippen LogP contribution in [-0.2, 0) is 11.3 Å². The molecule has 2 aliphatic rings. The van der Waals surface area contributed by atoms with Crippen molar-refractivity contribution in [3.8, 4) is 0 Å². The third-order valence-corrected chi connectivity index (χ3v) is 6.00. The first-order valence-corrected chi connectivity index (χ1v) is 9.83. The molecular weight excluding hydrogens is 296 g/mol. The molecule has 0 bridgehead atoms. The van der Waals surface area contributed by atoms with Gasteiger partial charge in [-0.15, -0.1) is 0 Å². The molecule has 2 fully saturated rings. The van der Waals surface area contributed by atoms with Crippen molar-refractivity contribution in [2.75, 3.05) is 13.1 Å². The summed E-state index contributed by atoms with van der Waals surface area (Å²) in [5, 5.41) is 0. The Morgan fingerprint density at radius 1 is 1.08 bits per heavy atom. The Morgan fingerprint density at radius 2 is 1.83 bits per heavy atom. The maximum atomic E-state index is 12.5. The normalized spacial score (nSPS) is 20.3. The first kappa shape index (κ1) is 17.5. The highest BCUT2D eigenvalue weighted by atomic mass is 16.2. The topological polar surface area (TPSA) is 46.3 Å². The molecule has 1 aliphatic heterocycles. The predicted molar refractivity (Wildman–Crippen MR) is 98.7 cm³/mol. The molecule has 1 aliphatic carbocycles. The summed E-state index contributed by atoms with van der Waals surface area (Å²) < 4.78 is 0. The van der Waals surface area contributed by atoms with Gasteiger partial charge in [-0.05, 0) is 42.2 Å². The fraction of sp³-hybridized carbons (Fsp3) is 0.667. The van der Waals surface area contributed by atoms with Gasteiger partial charge in [-0.25, -0.2) is 0 Å². The van der Waals surface area contributed by atoms with E-state index in [-0.39, 0.29) is 0 Å². The number of rotatable bonds is 5. The SMILES string of the molecule is NCc1cccc(C2CCN(C(=O)CCC3CCCCC3)CC2)c1. The van der Waals surface area contributed by atoms with E-state index in [0.29, 0.717) is 18.4 Å². The Kier molecular flexibility index (Phi) is 6.30. The minimum Gasteiger partial charge on any atom is -0.343 e. The summed E-state index contributed by atoms with van der Waals surface area (Å²) in [4.78, 5) is 14.6. The molecule has 1 saturated heterocycles. The second kappa shape index (κ2) is 8.66. The van der Waals surface area contributed by atoms with Crippen LogP contribution in [0.25, 0.3) is 0 Å². The fourth-order valence-corrected chi connectivity index (χ4v) is 4.40. The van der Waals surface area contributed by atoms with E-state index in [1.165, 1.54) is 43.2 Å². The van der Waals surface area contributed by atoms with Gasteiger partial charge in [-0.1, -0.05) is 56.4 Å². The number of hydrogen-bond acceptors (Lipinski definition) is 2. The number of nitrogens with two attached hydrogens (primary N) is 1. The van der Waals surface area contributed by atoms with E-state index < -0.39 is 0 Å². The highest BCUT2D eigenvalue weighted by molar-refractivity contribution is 5.76. The van der Waals surface area contributed by atoms with Crippen molar-refractivity contribution < 1.29 is 4.79 Å². The van der Waals surface area contributed by atoms with Crippen molar-refractivity contribution in [3.05, 3.63) is 35.4 Å². The Morgan fingerprint density at radius 3 is 2.54 bits per heavy atom. The number of benzene rings is 1. The molecule has 0 atom stereocenters. The third-order valence-electron chi connectivity index (χ3n) is 6.00. The number of piperidine rings is 1. The van der Waals surface area contributed by atoms with Gasteiger partial charge in [0.1, 0.15) is 0 Å². The summed E-state index contributed by atoms with van der Waals surface area (Å²) in [5.41, 5.74) is 8.35. The molecule has 0 radical (unpaired) electrons. The van der Waals surface area contributed by atoms with Gasteiger partial charge in [-0.2, -0.15) is 0 Å². The lowest BCUT2D eigenvalue weighted by Gasteiger charge is -2.33. The Hall–Kier alpha value is -1.35.